The van der Waals surface area contributed by atoms with E-state index in [-0.39, 0.29) is 31.0 Å². The zero-order chi connectivity index (χ0) is 27.7. The van der Waals surface area contributed by atoms with Crippen LogP contribution in [0.15, 0.2) is 63.5 Å². The third kappa shape index (κ3) is 6.81. The summed E-state index contributed by atoms with van der Waals surface area (Å²) >= 11 is 5.87. The van der Waals surface area contributed by atoms with Crippen molar-refractivity contribution in [3.05, 3.63) is 69.6 Å². The molecular weight excluding hydrogens is 544 g/mol. The smallest absolute Gasteiger partial charge is 0.406 e. The number of halogens is 7. The van der Waals surface area contributed by atoms with Gasteiger partial charge in [0.1, 0.15) is 5.75 Å². The van der Waals surface area contributed by atoms with Crippen LogP contribution in [0.5, 0.6) is 5.75 Å². The van der Waals surface area contributed by atoms with Crippen molar-refractivity contribution in [1.29, 1.82) is 0 Å². The second-order valence-corrected chi connectivity index (χ2v) is 8.76. The number of benzene rings is 2. The van der Waals surface area contributed by atoms with Crippen LogP contribution < -0.4 is 10.4 Å². The second-order valence-electron chi connectivity index (χ2n) is 8.32. The first kappa shape index (κ1) is 27.4. The van der Waals surface area contributed by atoms with Gasteiger partial charge in [0.05, 0.1) is 24.5 Å². The molecule has 0 unspecified atom stereocenters. The quantitative estimate of drug-likeness (QED) is 0.406. The highest BCUT2D eigenvalue weighted by Crippen LogP contribution is 2.25. The van der Waals surface area contributed by atoms with E-state index in [1.807, 2.05) is 0 Å². The number of alkyl halides is 6. The molecule has 0 radical (unpaired) electrons. The molecule has 0 bridgehead atoms. The van der Waals surface area contributed by atoms with E-state index in [4.69, 9.17) is 11.6 Å². The summed E-state index contributed by atoms with van der Waals surface area (Å²) in [5.74, 6) is -0.501. The second kappa shape index (κ2) is 10.6. The van der Waals surface area contributed by atoms with E-state index < -0.39 is 30.9 Å². The predicted octanol–water partition coefficient (Wildman–Crippen LogP) is 4.63. The summed E-state index contributed by atoms with van der Waals surface area (Å²) in [6.07, 6.45) is -12.3. The highest BCUT2D eigenvalue weighted by Gasteiger charge is 2.39. The van der Waals surface area contributed by atoms with E-state index in [0.717, 1.165) is 10.7 Å². The monoisotopic (exact) mass is 561 g/mol. The fraction of sp³-hybridized carbons (Fsp3) is 0.304. The number of aromatic nitrogens is 3. The van der Waals surface area contributed by atoms with E-state index in [0.29, 0.717) is 32.1 Å². The third-order valence-corrected chi connectivity index (χ3v) is 5.62. The highest BCUT2D eigenvalue weighted by atomic mass is 35.5. The van der Waals surface area contributed by atoms with Gasteiger partial charge in [-0.15, -0.1) is 18.3 Å². The molecule has 3 aromatic rings. The highest BCUT2D eigenvalue weighted by molar-refractivity contribution is 6.30. The molecule has 202 valence electrons. The molecule has 1 aromatic heterocycles. The summed E-state index contributed by atoms with van der Waals surface area (Å²) in [4.78, 5) is 13.0. The average molecular weight is 562 g/mol. The lowest BCUT2D eigenvalue weighted by Gasteiger charge is -2.15. The molecule has 0 amide bonds. The first-order valence-corrected chi connectivity index (χ1v) is 11.3. The Morgan fingerprint density at radius 3 is 2.37 bits per heavy atom. The molecule has 15 heteroatoms. The van der Waals surface area contributed by atoms with Gasteiger partial charge in [-0.2, -0.15) is 23.4 Å². The Morgan fingerprint density at radius 2 is 1.71 bits per heavy atom. The summed E-state index contributed by atoms with van der Waals surface area (Å²) in [5.41, 5.74) is 0.711. The first-order chi connectivity index (χ1) is 17.8. The molecule has 2 heterocycles. The molecule has 0 spiro atoms. The minimum atomic E-state index is -4.96. The van der Waals surface area contributed by atoms with Crippen molar-refractivity contribution in [2.45, 2.75) is 44.6 Å². The van der Waals surface area contributed by atoms with E-state index in [1.165, 1.54) is 36.4 Å². The number of hydrogen-bond donors (Lipinski definition) is 1. The molecule has 4 rings (SSSR count). The van der Waals surface area contributed by atoms with Crippen molar-refractivity contribution < 1.29 is 36.2 Å². The van der Waals surface area contributed by atoms with Gasteiger partial charge in [0.2, 0.25) is 0 Å². The first-order valence-electron chi connectivity index (χ1n) is 10.9. The molecule has 2 aromatic carbocycles. The number of nitrogens with zero attached hydrogens (tertiary/aromatic N) is 5. The van der Waals surface area contributed by atoms with Crippen LogP contribution >= 0.6 is 11.6 Å². The molecule has 0 fully saturated rings. The Balaban J connectivity index is 1.50. The SMILES string of the molecule is O=c1n(CC2=NN=C(Cc3cccc(OC(F)(F)F)c3)C2)nc(-c2ccc(Cl)cc2)n1C[C@H](O)C(F)(F)F. The van der Waals surface area contributed by atoms with Gasteiger partial charge in [-0.1, -0.05) is 23.7 Å². The number of hydrogen-bond acceptors (Lipinski definition) is 6. The normalized spacial score (nSPS) is 14.8. The number of ether oxygens (including phenoxy) is 1. The van der Waals surface area contributed by atoms with Crippen LogP contribution in [0.4, 0.5) is 26.3 Å². The molecular formula is C23H18ClF6N5O3. The molecule has 1 atom stereocenters. The van der Waals surface area contributed by atoms with E-state index in [1.54, 1.807) is 6.07 Å². The van der Waals surface area contributed by atoms with Crippen molar-refractivity contribution >= 4 is 23.0 Å². The van der Waals surface area contributed by atoms with Crippen molar-refractivity contribution in [2.75, 3.05) is 0 Å². The fourth-order valence-corrected chi connectivity index (χ4v) is 3.82. The Bertz CT molecular complexity index is 1430. The zero-order valence-corrected chi connectivity index (χ0v) is 19.9. The van der Waals surface area contributed by atoms with Gasteiger partial charge < -0.3 is 9.84 Å². The molecule has 1 N–H and O–H groups in total. The lowest BCUT2D eigenvalue weighted by Crippen LogP contribution is -2.37. The number of aliphatic hydroxyl groups excluding tert-OH is 1. The predicted molar refractivity (Wildman–Crippen MR) is 125 cm³/mol. The number of rotatable bonds is 8. The maximum Gasteiger partial charge on any atom is 0.573 e. The van der Waals surface area contributed by atoms with Crippen LogP contribution in [0, 0.1) is 0 Å². The van der Waals surface area contributed by atoms with Gasteiger partial charge in [-0.3, -0.25) is 4.57 Å². The number of aliphatic hydroxyl groups is 1. The van der Waals surface area contributed by atoms with E-state index in [9.17, 15) is 36.2 Å². The van der Waals surface area contributed by atoms with Gasteiger partial charge in [0.25, 0.3) is 0 Å². The lowest BCUT2D eigenvalue weighted by atomic mass is 10.0. The molecule has 0 saturated carbocycles. The summed E-state index contributed by atoms with van der Waals surface area (Å²) in [6.45, 7) is -1.29. The Hall–Kier alpha value is -3.65. The Kier molecular flexibility index (Phi) is 7.65. The van der Waals surface area contributed by atoms with Gasteiger partial charge in [0, 0.05) is 23.4 Å². The summed E-state index contributed by atoms with van der Waals surface area (Å²) < 4.78 is 82.0. The van der Waals surface area contributed by atoms with Gasteiger partial charge >= 0.3 is 18.2 Å². The standard InChI is InChI=1S/C23H18ClF6N5O3/c24-15-6-4-14(5-7-15)20-33-35(21(37)34(20)12-19(36)22(25,26)27)11-17-10-16(31-32-17)8-13-2-1-3-18(9-13)38-23(28,29)30/h1-7,9,19,36H,8,10-12H2/t19-/m0/s1. The third-order valence-electron chi connectivity index (χ3n) is 5.37. The summed E-state index contributed by atoms with van der Waals surface area (Å²) in [5, 5.41) is 22.1. The minimum absolute atomic E-state index is 0.115. The maximum absolute atomic E-state index is 13.0. The van der Waals surface area contributed by atoms with Crippen LogP contribution in [-0.4, -0.2) is 49.5 Å². The average Bonchev–Trinajstić information content (AvgIpc) is 3.37. The van der Waals surface area contributed by atoms with Crippen LogP contribution in [0.2, 0.25) is 5.02 Å². The Morgan fingerprint density at radius 1 is 1.03 bits per heavy atom. The Labute approximate surface area is 215 Å². The van der Waals surface area contributed by atoms with Crippen LogP contribution in [0.3, 0.4) is 0 Å². The van der Waals surface area contributed by atoms with Gasteiger partial charge in [-0.05, 0) is 42.0 Å². The maximum atomic E-state index is 13.0. The van der Waals surface area contributed by atoms with Crippen molar-refractivity contribution in [2.24, 2.45) is 10.2 Å². The van der Waals surface area contributed by atoms with Crippen LogP contribution in [-0.2, 0) is 19.5 Å². The molecule has 1 aliphatic heterocycles. The van der Waals surface area contributed by atoms with Crippen LogP contribution in [0.1, 0.15) is 12.0 Å². The topological polar surface area (TPSA) is 94.0 Å². The molecule has 1 aliphatic rings. The molecule has 38 heavy (non-hydrogen) atoms. The van der Waals surface area contributed by atoms with E-state index in [2.05, 4.69) is 20.0 Å². The summed E-state index contributed by atoms with van der Waals surface area (Å²) in [6, 6.07) is 11.2. The zero-order valence-electron chi connectivity index (χ0n) is 19.2. The molecule has 0 saturated heterocycles. The van der Waals surface area contributed by atoms with Gasteiger partial charge in [0.15, 0.2) is 11.9 Å². The van der Waals surface area contributed by atoms with Crippen molar-refractivity contribution in [1.82, 2.24) is 14.3 Å². The summed E-state index contributed by atoms with van der Waals surface area (Å²) in [7, 11) is 0. The van der Waals surface area contributed by atoms with Crippen LogP contribution in [0.25, 0.3) is 11.4 Å². The lowest BCUT2D eigenvalue weighted by molar-refractivity contribution is -0.274. The molecule has 0 aliphatic carbocycles. The molecule has 8 nitrogen and oxygen atoms in total. The van der Waals surface area contributed by atoms with E-state index >= 15 is 0 Å². The van der Waals surface area contributed by atoms with Crippen molar-refractivity contribution in [3.8, 4) is 17.1 Å². The van der Waals surface area contributed by atoms with Crippen molar-refractivity contribution in [3.63, 3.8) is 0 Å². The largest absolute Gasteiger partial charge is 0.573 e. The van der Waals surface area contributed by atoms with Gasteiger partial charge in [-0.25, -0.2) is 9.48 Å². The fourth-order valence-electron chi connectivity index (χ4n) is 3.69. The minimum Gasteiger partial charge on any atom is -0.406 e.